The van der Waals surface area contributed by atoms with Crippen LogP contribution in [0.25, 0.3) is 5.69 Å². The smallest absolute Gasteiger partial charge is 0.339 e. The van der Waals surface area contributed by atoms with Gasteiger partial charge in [0.25, 0.3) is 5.91 Å². The number of carboxylic acids is 1. The van der Waals surface area contributed by atoms with Crippen LogP contribution in [0.2, 0.25) is 0 Å². The maximum atomic E-state index is 12.8. The molecule has 1 N–H and O–H groups in total. The molecule has 3 aromatic rings. The zero-order valence-corrected chi connectivity index (χ0v) is 14.9. The number of hydrogen-bond acceptors (Lipinski definition) is 3. The van der Waals surface area contributed by atoms with Crippen LogP contribution in [0.4, 0.5) is 0 Å². The van der Waals surface area contributed by atoms with Crippen molar-refractivity contribution in [3.8, 4) is 5.69 Å². The summed E-state index contributed by atoms with van der Waals surface area (Å²) in [6.07, 6.45) is 2.31. The van der Waals surface area contributed by atoms with Gasteiger partial charge in [-0.25, -0.2) is 9.48 Å². The second-order valence-electron chi connectivity index (χ2n) is 6.62. The summed E-state index contributed by atoms with van der Waals surface area (Å²) in [6, 6.07) is 17.3. The van der Waals surface area contributed by atoms with E-state index in [0.29, 0.717) is 11.3 Å². The summed E-state index contributed by atoms with van der Waals surface area (Å²) in [5, 5.41) is 13.3. The fourth-order valence-corrected chi connectivity index (χ4v) is 3.44. The molecule has 2 heterocycles. The summed E-state index contributed by atoms with van der Waals surface area (Å²) in [6.45, 7) is 2.46. The average Bonchev–Trinajstić information content (AvgIpc) is 3.03. The Hall–Kier alpha value is -3.41. The average molecular weight is 361 g/mol. The fraction of sp³-hybridized carbons (Fsp3) is 0.190. The van der Waals surface area contributed by atoms with Gasteiger partial charge < -0.3 is 10.0 Å². The van der Waals surface area contributed by atoms with E-state index in [1.165, 1.54) is 6.20 Å². The van der Waals surface area contributed by atoms with Gasteiger partial charge in [-0.2, -0.15) is 5.10 Å². The van der Waals surface area contributed by atoms with Gasteiger partial charge in [0.1, 0.15) is 5.56 Å². The van der Waals surface area contributed by atoms with E-state index in [0.717, 1.165) is 24.2 Å². The van der Waals surface area contributed by atoms with E-state index >= 15 is 0 Å². The van der Waals surface area contributed by atoms with Crippen LogP contribution < -0.4 is 0 Å². The number of likely N-dealkylation sites (tertiary alicyclic amines) is 1. The zero-order chi connectivity index (χ0) is 19.0. The van der Waals surface area contributed by atoms with Crippen LogP contribution >= 0.6 is 0 Å². The third kappa shape index (κ3) is 2.99. The van der Waals surface area contributed by atoms with Crippen LogP contribution in [-0.2, 0) is 0 Å². The van der Waals surface area contributed by atoms with Gasteiger partial charge >= 0.3 is 5.97 Å². The summed E-state index contributed by atoms with van der Waals surface area (Å²) in [7, 11) is 0. The number of amides is 1. The number of hydrogen-bond donors (Lipinski definition) is 1. The molecule has 6 heteroatoms. The van der Waals surface area contributed by atoms with Gasteiger partial charge in [-0.1, -0.05) is 30.3 Å². The second kappa shape index (κ2) is 6.72. The molecule has 136 valence electrons. The van der Waals surface area contributed by atoms with Crippen molar-refractivity contribution in [3.05, 3.63) is 83.2 Å². The number of nitrogens with zero attached hydrogens (tertiary/aromatic N) is 3. The summed E-state index contributed by atoms with van der Waals surface area (Å²) < 4.78 is 1.56. The molecule has 1 saturated heterocycles. The number of aromatic nitrogens is 2. The molecule has 4 rings (SSSR count). The lowest BCUT2D eigenvalue weighted by Crippen LogP contribution is -2.45. The fourth-order valence-electron chi connectivity index (χ4n) is 3.44. The van der Waals surface area contributed by atoms with Crippen molar-refractivity contribution in [2.45, 2.75) is 19.4 Å². The molecule has 6 nitrogen and oxygen atoms in total. The highest BCUT2D eigenvalue weighted by atomic mass is 16.4. The molecule has 2 aromatic carbocycles. The van der Waals surface area contributed by atoms with Crippen LogP contribution in [-0.4, -0.2) is 38.2 Å². The molecule has 1 amide bonds. The van der Waals surface area contributed by atoms with Gasteiger partial charge in [-0.15, -0.1) is 0 Å². The molecule has 0 bridgehead atoms. The number of rotatable bonds is 4. The highest BCUT2D eigenvalue weighted by Crippen LogP contribution is 2.34. The van der Waals surface area contributed by atoms with E-state index in [1.807, 2.05) is 35.2 Å². The summed E-state index contributed by atoms with van der Waals surface area (Å²) >= 11 is 0. The SMILES string of the molecule is Cc1c(C(=O)O)cnn1-c1ccc(C(=O)N2CC[C@@H]2c2ccccc2)cc1. The van der Waals surface area contributed by atoms with E-state index in [2.05, 4.69) is 5.10 Å². The molecule has 0 aliphatic carbocycles. The van der Waals surface area contributed by atoms with Crippen LogP contribution in [0.15, 0.2) is 60.8 Å². The van der Waals surface area contributed by atoms with Crippen molar-refractivity contribution in [2.75, 3.05) is 6.54 Å². The normalized spacial score (nSPS) is 16.0. The van der Waals surface area contributed by atoms with E-state index < -0.39 is 5.97 Å². The molecule has 0 unspecified atom stereocenters. The Kier molecular flexibility index (Phi) is 4.24. The Bertz CT molecular complexity index is 993. The number of carbonyl (C=O) groups is 2. The first-order valence-electron chi connectivity index (χ1n) is 8.80. The molecular weight excluding hydrogens is 342 g/mol. The van der Waals surface area contributed by atoms with Gasteiger partial charge in [0.05, 0.1) is 23.6 Å². The molecule has 1 aliphatic heterocycles. The number of aromatic carboxylic acids is 1. The first-order valence-corrected chi connectivity index (χ1v) is 8.80. The summed E-state index contributed by atoms with van der Waals surface area (Å²) in [4.78, 5) is 25.9. The largest absolute Gasteiger partial charge is 0.478 e. The van der Waals surface area contributed by atoms with Gasteiger partial charge in [0.2, 0.25) is 0 Å². The van der Waals surface area contributed by atoms with E-state index in [4.69, 9.17) is 5.11 Å². The van der Waals surface area contributed by atoms with Gasteiger partial charge in [-0.3, -0.25) is 4.79 Å². The van der Waals surface area contributed by atoms with Gasteiger partial charge in [0, 0.05) is 12.1 Å². The molecule has 0 radical (unpaired) electrons. The predicted octanol–water partition coefficient (Wildman–Crippen LogP) is 3.47. The quantitative estimate of drug-likeness (QED) is 0.772. The van der Waals surface area contributed by atoms with Crippen molar-refractivity contribution in [1.29, 1.82) is 0 Å². The molecule has 0 spiro atoms. The summed E-state index contributed by atoms with van der Waals surface area (Å²) in [5.41, 5.74) is 3.21. The Morgan fingerprint density at radius 3 is 2.33 bits per heavy atom. The first-order chi connectivity index (χ1) is 13.1. The van der Waals surface area contributed by atoms with Crippen molar-refractivity contribution in [2.24, 2.45) is 0 Å². The monoisotopic (exact) mass is 361 g/mol. The maximum absolute atomic E-state index is 12.8. The highest BCUT2D eigenvalue weighted by molar-refractivity contribution is 5.95. The standard InChI is InChI=1S/C21H19N3O3/c1-14-18(21(26)27)13-22-24(14)17-9-7-16(8-10-17)20(25)23-12-11-19(23)15-5-3-2-4-6-15/h2-10,13,19H,11-12H2,1H3,(H,26,27)/t19-/m1/s1. The van der Waals surface area contributed by atoms with E-state index in [1.54, 1.807) is 35.9 Å². The third-order valence-corrected chi connectivity index (χ3v) is 5.06. The number of carboxylic acid groups (broad SMARTS) is 1. The molecule has 1 atom stereocenters. The third-order valence-electron chi connectivity index (χ3n) is 5.06. The second-order valence-corrected chi connectivity index (χ2v) is 6.62. The molecule has 1 aliphatic rings. The van der Waals surface area contributed by atoms with Crippen LogP contribution in [0, 0.1) is 6.92 Å². The van der Waals surface area contributed by atoms with Gasteiger partial charge in [0.15, 0.2) is 0 Å². The molecule has 27 heavy (non-hydrogen) atoms. The highest BCUT2D eigenvalue weighted by Gasteiger charge is 2.33. The minimum absolute atomic E-state index is 0.00469. The van der Waals surface area contributed by atoms with Crippen molar-refractivity contribution in [3.63, 3.8) is 0 Å². The molecule has 1 fully saturated rings. The zero-order valence-electron chi connectivity index (χ0n) is 14.9. The van der Waals surface area contributed by atoms with Crippen LogP contribution in [0.3, 0.4) is 0 Å². The van der Waals surface area contributed by atoms with Gasteiger partial charge in [-0.05, 0) is 43.2 Å². The van der Waals surface area contributed by atoms with E-state index in [9.17, 15) is 9.59 Å². The van der Waals surface area contributed by atoms with E-state index in [-0.39, 0.29) is 17.5 Å². The first kappa shape index (κ1) is 17.0. The lowest BCUT2D eigenvalue weighted by molar-refractivity contribution is 0.0460. The van der Waals surface area contributed by atoms with Crippen molar-refractivity contribution in [1.82, 2.24) is 14.7 Å². The topological polar surface area (TPSA) is 75.4 Å². The van der Waals surface area contributed by atoms with Crippen molar-refractivity contribution >= 4 is 11.9 Å². The lowest BCUT2D eigenvalue weighted by Gasteiger charge is -2.41. The number of carbonyl (C=O) groups excluding carboxylic acids is 1. The Morgan fingerprint density at radius 1 is 1.07 bits per heavy atom. The summed E-state index contributed by atoms with van der Waals surface area (Å²) in [5.74, 6) is -1.000. The molecule has 1 aromatic heterocycles. The number of benzene rings is 2. The minimum atomic E-state index is -1.00. The molecular formula is C21H19N3O3. The van der Waals surface area contributed by atoms with Crippen LogP contribution in [0.1, 0.15) is 44.4 Å². The lowest BCUT2D eigenvalue weighted by atomic mass is 9.93. The Labute approximate surface area is 156 Å². The molecule has 0 saturated carbocycles. The minimum Gasteiger partial charge on any atom is -0.478 e. The van der Waals surface area contributed by atoms with Crippen LogP contribution in [0.5, 0.6) is 0 Å². The maximum Gasteiger partial charge on any atom is 0.339 e. The Balaban J connectivity index is 1.54. The Morgan fingerprint density at radius 2 is 1.78 bits per heavy atom. The predicted molar refractivity (Wildman–Crippen MR) is 100 cm³/mol. The van der Waals surface area contributed by atoms with Crippen molar-refractivity contribution < 1.29 is 14.7 Å².